The Morgan fingerprint density at radius 1 is 1.64 bits per heavy atom. The van der Waals surface area contributed by atoms with Gasteiger partial charge in [0.1, 0.15) is 0 Å². The highest BCUT2D eigenvalue weighted by Crippen LogP contribution is 2.06. The smallest absolute Gasteiger partial charge is 0.222 e. The molecule has 1 aliphatic heterocycles. The van der Waals surface area contributed by atoms with Gasteiger partial charge in [-0.3, -0.25) is 4.79 Å². The predicted molar refractivity (Wildman–Crippen MR) is 55.2 cm³/mol. The van der Waals surface area contributed by atoms with Gasteiger partial charge in [0.25, 0.3) is 0 Å². The molecule has 0 bridgehead atoms. The Bertz CT molecular complexity index is 185. The van der Waals surface area contributed by atoms with Gasteiger partial charge in [-0.2, -0.15) is 0 Å². The topological polar surface area (TPSA) is 41.6 Å². The first-order chi connectivity index (χ1) is 6.75. The highest BCUT2D eigenvalue weighted by molar-refractivity contribution is 5.76. The molecule has 1 N–H and O–H groups in total. The Hall–Kier alpha value is -0.610. The van der Waals surface area contributed by atoms with Gasteiger partial charge in [-0.05, 0) is 13.3 Å². The van der Waals surface area contributed by atoms with Gasteiger partial charge in [-0.25, -0.2) is 0 Å². The van der Waals surface area contributed by atoms with Gasteiger partial charge in [0.15, 0.2) is 0 Å². The van der Waals surface area contributed by atoms with Crippen molar-refractivity contribution in [3.8, 4) is 0 Å². The lowest BCUT2D eigenvalue weighted by Crippen LogP contribution is -2.52. The molecule has 0 spiro atoms. The van der Waals surface area contributed by atoms with Crippen molar-refractivity contribution >= 4 is 5.91 Å². The summed E-state index contributed by atoms with van der Waals surface area (Å²) in [5.74, 6) is 0.260. The van der Waals surface area contributed by atoms with Gasteiger partial charge in [0, 0.05) is 45.8 Å². The summed E-state index contributed by atoms with van der Waals surface area (Å²) >= 11 is 0. The zero-order valence-corrected chi connectivity index (χ0v) is 9.08. The third-order valence-electron chi connectivity index (χ3n) is 2.56. The van der Waals surface area contributed by atoms with Crippen molar-refractivity contribution in [1.29, 1.82) is 0 Å². The van der Waals surface area contributed by atoms with Crippen molar-refractivity contribution < 1.29 is 9.53 Å². The van der Waals surface area contributed by atoms with Crippen LogP contribution in [0.5, 0.6) is 0 Å². The Morgan fingerprint density at radius 2 is 2.43 bits per heavy atom. The molecule has 0 saturated carbocycles. The second-order valence-corrected chi connectivity index (χ2v) is 3.74. The summed E-state index contributed by atoms with van der Waals surface area (Å²) in [5.41, 5.74) is 0. The number of piperazine rings is 1. The van der Waals surface area contributed by atoms with Crippen LogP contribution in [-0.4, -0.2) is 50.2 Å². The molecule has 1 fully saturated rings. The fraction of sp³-hybridized carbons (Fsp3) is 0.900. The molecular weight excluding hydrogens is 180 g/mol. The van der Waals surface area contributed by atoms with Gasteiger partial charge in [-0.15, -0.1) is 0 Å². The van der Waals surface area contributed by atoms with Crippen molar-refractivity contribution in [2.24, 2.45) is 0 Å². The summed E-state index contributed by atoms with van der Waals surface area (Å²) in [5, 5.41) is 3.27. The highest BCUT2D eigenvalue weighted by atomic mass is 16.5. The number of ether oxygens (including phenoxy) is 1. The molecule has 0 aromatic heterocycles. The standard InChI is InChI=1S/C10H20N2O2/c1-9-8-11-5-6-12(9)10(13)4-3-7-14-2/h9,11H,3-8H2,1-2H3/t9-/m1/s1. The molecule has 4 heteroatoms. The summed E-state index contributed by atoms with van der Waals surface area (Å²) in [6.07, 6.45) is 1.43. The highest BCUT2D eigenvalue weighted by Gasteiger charge is 2.21. The summed E-state index contributed by atoms with van der Waals surface area (Å²) in [6, 6.07) is 0.332. The molecule has 1 aliphatic rings. The van der Waals surface area contributed by atoms with E-state index in [9.17, 15) is 4.79 Å². The van der Waals surface area contributed by atoms with Crippen LogP contribution in [0.15, 0.2) is 0 Å². The van der Waals surface area contributed by atoms with Gasteiger partial charge >= 0.3 is 0 Å². The molecule has 1 saturated heterocycles. The van der Waals surface area contributed by atoms with E-state index in [0.29, 0.717) is 19.1 Å². The van der Waals surface area contributed by atoms with E-state index in [2.05, 4.69) is 12.2 Å². The zero-order valence-electron chi connectivity index (χ0n) is 9.08. The maximum absolute atomic E-state index is 11.7. The first-order valence-electron chi connectivity index (χ1n) is 5.25. The molecule has 0 aromatic carbocycles. The minimum atomic E-state index is 0.260. The maximum atomic E-state index is 11.7. The Balaban J connectivity index is 2.27. The van der Waals surface area contributed by atoms with E-state index in [0.717, 1.165) is 26.1 Å². The first kappa shape index (κ1) is 11.5. The number of hydrogen-bond donors (Lipinski definition) is 1. The lowest BCUT2D eigenvalue weighted by molar-refractivity contribution is -0.134. The molecule has 82 valence electrons. The molecular formula is C10H20N2O2. The van der Waals surface area contributed by atoms with Crippen LogP contribution in [0.4, 0.5) is 0 Å². The van der Waals surface area contributed by atoms with E-state index in [1.54, 1.807) is 7.11 Å². The molecule has 1 heterocycles. The number of hydrogen-bond acceptors (Lipinski definition) is 3. The lowest BCUT2D eigenvalue weighted by Gasteiger charge is -2.34. The van der Waals surface area contributed by atoms with Crippen LogP contribution in [0.1, 0.15) is 19.8 Å². The Morgan fingerprint density at radius 3 is 3.07 bits per heavy atom. The van der Waals surface area contributed by atoms with Crippen molar-refractivity contribution in [2.45, 2.75) is 25.8 Å². The normalized spacial score (nSPS) is 22.4. The van der Waals surface area contributed by atoms with Crippen LogP contribution in [0.25, 0.3) is 0 Å². The summed E-state index contributed by atoms with van der Waals surface area (Å²) in [4.78, 5) is 13.7. The molecule has 1 amide bonds. The van der Waals surface area contributed by atoms with Crippen LogP contribution < -0.4 is 5.32 Å². The predicted octanol–water partition coefficient (Wildman–Crippen LogP) is 0.233. The lowest BCUT2D eigenvalue weighted by atomic mass is 10.2. The minimum absolute atomic E-state index is 0.260. The SMILES string of the molecule is COCCCC(=O)N1CCNC[C@H]1C. The molecule has 14 heavy (non-hydrogen) atoms. The molecule has 4 nitrogen and oxygen atoms in total. The molecule has 0 aliphatic carbocycles. The van der Waals surface area contributed by atoms with Crippen molar-refractivity contribution in [1.82, 2.24) is 10.2 Å². The quantitative estimate of drug-likeness (QED) is 0.661. The second kappa shape index (κ2) is 5.98. The Labute approximate surface area is 85.6 Å². The van der Waals surface area contributed by atoms with Crippen molar-refractivity contribution in [3.63, 3.8) is 0 Å². The van der Waals surface area contributed by atoms with E-state index in [-0.39, 0.29) is 5.91 Å². The number of rotatable bonds is 4. The second-order valence-electron chi connectivity index (χ2n) is 3.74. The average molecular weight is 200 g/mol. The number of nitrogens with one attached hydrogen (secondary N) is 1. The molecule has 0 aromatic rings. The minimum Gasteiger partial charge on any atom is -0.385 e. The summed E-state index contributed by atoms with van der Waals surface area (Å²) in [6.45, 7) is 5.43. The van der Waals surface area contributed by atoms with Crippen LogP contribution in [0, 0.1) is 0 Å². The van der Waals surface area contributed by atoms with Gasteiger partial charge < -0.3 is 15.0 Å². The number of carbonyl (C=O) groups is 1. The summed E-state index contributed by atoms with van der Waals surface area (Å²) in [7, 11) is 1.66. The fourth-order valence-electron chi connectivity index (χ4n) is 1.72. The zero-order chi connectivity index (χ0) is 10.4. The largest absolute Gasteiger partial charge is 0.385 e. The molecule has 0 unspecified atom stereocenters. The van der Waals surface area contributed by atoms with E-state index >= 15 is 0 Å². The van der Waals surface area contributed by atoms with Crippen LogP contribution in [0.2, 0.25) is 0 Å². The fourth-order valence-corrected chi connectivity index (χ4v) is 1.72. The van der Waals surface area contributed by atoms with Crippen molar-refractivity contribution in [3.05, 3.63) is 0 Å². The number of methoxy groups -OCH3 is 1. The first-order valence-corrected chi connectivity index (χ1v) is 5.25. The maximum Gasteiger partial charge on any atom is 0.222 e. The summed E-state index contributed by atoms with van der Waals surface area (Å²) < 4.78 is 4.92. The van der Waals surface area contributed by atoms with E-state index in [1.807, 2.05) is 4.90 Å². The number of nitrogens with zero attached hydrogens (tertiary/aromatic N) is 1. The number of amides is 1. The van der Waals surface area contributed by atoms with Gasteiger partial charge in [0.05, 0.1) is 0 Å². The van der Waals surface area contributed by atoms with Gasteiger partial charge in [0.2, 0.25) is 5.91 Å². The molecule has 0 radical (unpaired) electrons. The molecule has 1 rings (SSSR count). The Kier molecular flexibility index (Phi) is 4.90. The monoisotopic (exact) mass is 200 g/mol. The molecule has 1 atom stereocenters. The van der Waals surface area contributed by atoms with E-state index < -0.39 is 0 Å². The third-order valence-corrected chi connectivity index (χ3v) is 2.56. The number of carbonyl (C=O) groups excluding carboxylic acids is 1. The van der Waals surface area contributed by atoms with Crippen molar-refractivity contribution in [2.75, 3.05) is 33.4 Å². The average Bonchev–Trinajstić information content (AvgIpc) is 2.18. The van der Waals surface area contributed by atoms with Crippen LogP contribution in [-0.2, 0) is 9.53 Å². The van der Waals surface area contributed by atoms with E-state index in [4.69, 9.17) is 4.74 Å². The van der Waals surface area contributed by atoms with Crippen LogP contribution >= 0.6 is 0 Å². The third kappa shape index (κ3) is 3.27. The van der Waals surface area contributed by atoms with E-state index in [1.165, 1.54) is 0 Å². The van der Waals surface area contributed by atoms with Crippen LogP contribution in [0.3, 0.4) is 0 Å². The van der Waals surface area contributed by atoms with Gasteiger partial charge in [-0.1, -0.05) is 0 Å².